The van der Waals surface area contributed by atoms with Crippen LogP contribution in [0.4, 0.5) is 0 Å². The third-order valence-electron chi connectivity index (χ3n) is 3.89. The SMILES string of the molecule is Cc1oc(C)c(C(=O)NC(C)c2cc3c(cc2Br)OCCO3)c1Br. The predicted octanol–water partition coefficient (Wildman–Crippen LogP) is 4.68. The second-order valence-corrected chi connectivity index (χ2v) is 7.26. The summed E-state index contributed by atoms with van der Waals surface area (Å²) in [4.78, 5) is 12.6. The van der Waals surface area contributed by atoms with Crippen molar-refractivity contribution in [3.63, 3.8) is 0 Å². The number of fused-ring (bicyclic) bond motifs is 1. The maximum atomic E-state index is 12.6. The zero-order valence-corrected chi connectivity index (χ0v) is 16.7. The van der Waals surface area contributed by atoms with Gasteiger partial charge >= 0.3 is 0 Å². The summed E-state index contributed by atoms with van der Waals surface area (Å²) in [6, 6.07) is 3.55. The number of carbonyl (C=O) groups excluding carboxylic acids is 1. The molecule has 0 saturated heterocycles. The van der Waals surface area contributed by atoms with Gasteiger partial charge in [-0.2, -0.15) is 0 Å². The first-order chi connectivity index (χ1) is 11.4. The van der Waals surface area contributed by atoms with Crippen molar-refractivity contribution in [1.82, 2.24) is 5.32 Å². The summed E-state index contributed by atoms with van der Waals surface area (Å²) in [6.45, 7) is 6.57. The summed E-state index contributed by atoms with van der Waals surface area (Å²) < 4.78 is 18.2. The number of nitrogens with one attached hydrogen (secondary N) is 1. The van der Waals surface area contributed by atoms with Gasteiger partial charge in [-0.25, -0.2) is 0 Å². The lowest BCUT2D eigenvalue weighted by molar-refractivity contribution is 0.0937. The van der Waals surface area contributed by atoms with Crippen LogP contribution in [-0.2, 0) is 0 Å². The highest BCUT2D eigenvalue weighted by molar-refractivity contribution is 9.10. The monoisotopic (exact) mass is 457 g/mol. The van der Waals surface area contributed by atoms with Crippen LogP contribution in [-0.4, -0.2) is 19.1 Å². The fourth-order valence-corrected chi connectivity index (χ4v) is 3.88. The van der Waals surface area contributed by atoms with E-state index < -0.39 is 0 Å². The molecule has 0 spiro atoms. The number of carbonyl (C=O) groups is 1. The molecule has 1 aliphatic heterocycles. The normalized spacial score (nSPS) is 14.4. The third kappa shape index (κ3) is 3.19. The van der Waals surface area contributed by atoms with Gasteiger partial charge in [0.1, 0.15) is 24.7 Å². The number of benzene rings is 1. The minimum atomic E-state index is -0.218. The van der Waals surface area contributed by atoms with E-state index in [1.807, 2.05) is 26.0 Å². The molecule has 7 heteroatoms. The van der Waals surface area contributed by atoms with Crippen LogP contribution in [0.3, 0.4) is 0 Å². The van der Waals surface area contributed by atoms with Crippen molar-refractivity contribution in [1.29, 1.82) is 0 Å². The second kappa shape index (κ2) is 6.80. The quantitative estimate of drug-likeness (QED) is 0.725. The molecular formula is C17H17Br2NO4. The molecule has 0 radical (unpaired) electrons. The smallest absolute Gasteiger partial charge is 0.256 e. The molecule has 1 aromatic heterocycles. The first-order valence-corrected chi connectivity index (χ1v) is 9.12. The molecule has 1 N–H and O–H groups in total. The van der Waals surface area contributed by atoms with E-state index in [-0.39, 0.29) is 11.9 Å². The van der Waals surface area contributed by atoms with Crippen molar-refractivity contribution < 1.29 is 18.7 Å². The van der Waals surface area contributed by atoms with Crippen LogP contribution >= 0.6 is 31.9 Å². The number of ether oxygens (including phenoxy) is 2. The Balaban J connectivity index is 1.84. The Morgan fingerprint density at radius 1 is 1.12 bits per heavy atom. The van der Waals surface area contributed by atoms with Crippen LogP contribution in [0.5, 0.6) is 11.5 Å². The molecule has 0 aliphatic carbocycles. The fraction of sp³-hybridized carbons (Fsp3) is 0.353. The van der Waals surface area contributed by atoms with E-state index in [0.29, 0.717) is 46.3 Å². The summed E-state index contributed by atoms with van der Waals surface area (Å²) in [6.07, 6.45) is 0. The number of hydrogen-bond acceptors (Lipinski definition) is 4. The van der Waals surface area contributed by atoms with Gasteiger partial charge in [-0.3, -0.25) is 4.79 Å². The number of halogens is 2. The Hall–Kier alpha value is -1.47. The Bertz CT molecular complexity index is 800. The number of furan rings is 1. The average Bonchev–Trinajstić information content (AvgIpc) is 2.79. The summed E-state index contributed by atoms with van der Waals surface area (Å²) in [5, 5.41) is 3.00. The van der Waals surface area contributed by atoms with Crippen LogP contribution in [0.1, 0.15) is 40.4 Å². The highest BCUT2D eigenvalue weighted by atomic mass is 79.9. The van der Waals surface area contributed by atoms with E-state index in [1.54, 1.807) is 6.92 Å². The van der Waals surface area contributed by atoms with E-state index in [4.69, 9.17) is 13.9 Å². The van der Waals surface area contributed by atoms with Gasteiger partial charge in [0.2, 0.25) is 0 Å². The van der Waals surface area contributed by atoms with Crippen LogP contribution < -0.4 is 14.8 Å². The summed E-state index contributed by atoms with van der Waals surface area (Å²) >= 11 is 6.95. The minimum Gasteiger partial charge on any atom is -0.486 e. The molecule has 0 saturated carbocycles. The topological polar surface area (TPSA) is 60.7 Å². The van der Waals surface area contributed by atoms with Crippen molar-refractivity contribution in [3.05, 3.63) is 43.7 Å². The Kier molecular flexibility index (Phi) is 4.92. The minimum absolute atomic E-state index is 0.189. The summed E-state index contributed by atoms with van der Waals surface area (Å²) in [5.41, 5.74) is 1.44. The van der Waals surface area contributed by atoms with Crippen LogP contribution in [0, 0.1) is 13.8 Å². The van der Waals surface area contributed by atoms with Crippen LogP contribution in [0.15, 0.2) is 25.5 Å². The molecule has 5 nitrogen and oxygen atoms in total. The molecule has 1 aromatic carbocycles. The molecule has 0 bridgehead atoms. The third-order valence-corrected chi connectivity index (χ3v) is 5.53. The lowest BCUT2D eigenvalue weighted by atomic mass is 10.1. The zero-order chi connectivity index (χ0) is 17.4. The zero-order valence-electron chi connectivity index (χ0n) is 13.5. The average molecular weight is 459 g/mol. The van der Waals surface area contributed by atoms with E-state index in [0.717, 1.165) is 10.0 Å². The van der Waals surface area contributed by atoms with Crippen molar-refractivity contribution in [2.75, 3.05) is 13.2 Å². The molecule has 1 atom stereocenters. The number of aryl methyl sites for hydroxylation is 2. The Morgan fingerprint density at radius 3 is 2.33 bits per heavy atom. The van der Waals surface area contributed by atoms with Gasteiger partial charge in [0.25, 0.3) is 5.91 Å². The second-order valence-electron chi connectivity index (χ2n) is 5.62. The largest absolute Gasteiger partial charge is 0.486 e. The number of hydrogen-bond donors (Lipinski definition) is 1. The Labute approximate surface area is 157 Å². The van der Waals surface area contributed by atoms with E-state index in [9.17, 15) is 4.79 Å². The van der Waals surface area contributed by atoms with Crippen molar-refractivity contribution >= 4 is 37.8 Å². The van der Waals surface area contributed by atoms with Gasteiger partial charge in [-0.15, -0.1) is 0 Å². The van der Waals surface area contributed by atoms with Gasteiger partial charge in [0.15, 0.2) is 11.5 Å². The van der Waals surface area contributed by atoms with Gasteiger partial charge in [0, 0.05) is 4.47 Å². The standard InChI is InChI=1S/C17H17Br2NO4/c1-8(20-17(21)15-9(2)24-10(3)16(15)19)11-6-13-14(7-12(11)18)23-5-4-22-13/h6-8H,4-5H2,1-3H3,(H,20,21). The molecular weight excluding hydrogens is 442 g/mol. The molecule has 0 fully saturated rings. The maximum Gasteiger partial charge on any atom is 0.256 e. The number of rotatable bonds is 3. The lowest BCUT2D eigenvalue weighted by Gasteiger charge is -2.22. The molecule has 1 amide bonds. The van der Waals surface area contributed by atoms with Crippen molar-refractivity contribution in [3.8, 4) is 11.5 Å². The lowest BCUT2D eigenvalue weighted by Crippen LogP contribution is -2.27. The van der Waals surface area contributed by atoms with Gasteiger partial charge in [-0.05, 0) is 54.4 Å². The summed E-state index contributed by atoms with van der Waals surface area (Å²) in [7, 11) is 0. The van der Waals surface area contributed by atoms with Crippen LogP contribution in [0.2, 0.25) is 0 Å². The van der Waals surface area contributed by atoms with Gasteiger partial charge < -0.3 is 19.2 Å². The van der Waals surface area contributed by atoms with Crippen LogP contribution in [0.25, 0.3) is 0 Å². The first kappa shape index (κ1) is 17.4. The number of amides is 1. The molecule has 128 valence electrons. The van der Waals surface area contributed by atoms with Gasteiger partial charge in [0.05, 0.1) is 16.1 Å². The van der Waals surface area contributed by atoms with Crippen molar-refractivity contribution in [2.45, 2.75) is 26.8 Å². The highest BCUT2D eigenvalue weighted by Crippen LogP contribution is 2.38. The fourth-order valence-electron chi connectivity index (χ4n) is 2.67. The van der Waals surface area contributed by atoms with Crippen molar-refractivity contribution in [2.24, 2.45) is 0 Å². The van der Waals surface area contributed by atoms with E-state index in [2.05, 4.69) is 37.2 Å². The van der Waals surface area contributed by atoms with E-state index in [1.165, 1.54) is 0 Å². The first-order valence-electron chi connectivity index (χ1n) is 7.54. The Morgan fingerprint density at radius 2 is 1.75 bits per heavy atom. The summed E-state index contributed by atoms with van der Waals surface area (Å²) in [5.74, 6) is 2.48. The molecule has 1 aliphatic rings. The predicted molar refractivity (Wildman–Crippen MR) is 96.9 cm³/mol. The molecule has 3 rings (SSSR count). The van der Waals surface area contributed by atoms with Gasteiger partial charge in [-0.1, -0.05) is 15.9 Å². The molecule has 2 aromatic rings. The highest BCUT2D eigenvalue weighted by Gasteiger charge is 2.23. The molecule has 24 heavy (non-hydrogen) atoms. The molecule has 1 unspecified atom stereocenters. The van der Waals surface area contributed by atoms with E-state index >= 15 is 0 Å². The molecule has 2 heterocycles. The maximum absolute atomic E-state index is 12.6.